The van der Waals surface area contributed by atoms with Gasteiger partial charge in [-0.05, 0) is 50.5 Å². The van der Waals surface area contributed by atoms with E-state index in [0.29, 0.717) is 30.5 Å². The van der Waals surface area contributed by atoms with Crippen LogP contribution in [0.15, 0.2) is 71.2 Å². The first-order valence-electron chi connectivity index (χ1n) is 12.8. The van der Waals surface area contributed by atoms with Crippen LogP contribution in [0, 0.1) is 0 Å². The highest BCUT2D eigenvalue weighted by atomic mass is 32.2. The van der Waals surface area contributed by atoms with Gasteiger partial charge < -0.3 is 14.8 Å². The largest absolute Gasteiger partial charge is 0.497 e. The molecule has 1 aromatic carbocycles. The van der Waals surface area contributed by atoms with Crippen molar-refractivity contribution in [2.24, 2.45) is 0 Å². The SMILES string of the molecule is CCOC1=CC(F)(CN2CCC(Nc3ccc(S(C)(=O)=O)cn3)CC2)CC(OCC)=C1c1ccccc1. The van der Waals surface area contributed by atoms with Gasteiger partial charge in [0.05, 0.1) is 23.7 Å². The molecule has 7 nitrogen and oxygen atoms in total. The van der Waals surface area contributed by atoms with Crippen molar-refractivity contribution >= 4 is 21.2 Å². The van der Waals surface area contributed by atoms with Crippen LogP contribution >= 0.6 is 0 Å². The molecule has 2 aromatic rings. The van der Waals surface area contributed by atoms with Gasteiger partial charge in [0.1, 0.15) is 17.3 Å². The summed E-state index contributed by atoms with van der Waals surface area (Å²) >= 11 is 0. The monoisotopic (exact) mass is 529 g/mol. The molecule has 1 aromatic heterocycles. The number of hydrogen-bond donors (Lipinski definition) is 1. The van der Waals surface area contributed by atoms with E-state index in [1.54, 1.807) is 18.2 Å². The number of rotatable bonds is 10. The van der Waals surface area contributed by atoms with E-state index in [4.69, 9.17) is 9.47 Å². The Labute approximate surface area is 219 Å². The molecule has 2 heterocycles. The van der Waals surface area contributed by atoms with Crippen LogP contribution in [-0.4, -0.2) is 69.1 Å². The number of benzene rings is 1. The molecular weight excluding hydrogens is 493 g/mol. The summed E-state index contributed by atoms with van der Waals surface area (Å²) < 4.78 is 51.6. The Kier molecular flexibility index (Phi) is 8.54. The lowest BCUT2D eigenvalue weighted by Gasteiger charge is -2.38. The van der Waals surface area contributed by atoms with Crippen molar-refractivity contribution in [2.75, 3.05) is 44.4 Å². The summed E-state index contributed by atoms with van der Waals surface area (Å²) in [5.41, 5.74) is 0.184. The average Bonchev–Trinajstić information content (AvgIpc) is 2.86. The molecule has 2 aliphatic rings. The zero-order valence-corrected chi connectivity index (χ0v) is 22.6. The van der Waals surface area contributed by atoms with Crippen LogP contribution in [0.5, 0.6) is 0 Å². The molecule has 1 aliphatic heterocycles. The number of nitrogens with one attached hydrogen (secondary N) is 1. The molecular formula is C28H36FN3O4S. The zero-order chi connectivity index (χ0) is 26.5. The van der Waals surface area contributed by atoms with Crippen molar-refractivity contribution < 1.29 is 22.3 Å². The summed E-state index contributed by atoms with van der Waals surface area (Å²) in [5, 5.41) is 3.38. The third-order valence-corrected chi connectivity index (χ3v) is 7.74. The first kappa shape index (κ1) is 27.1. The Hall–Kier alpha value is -2.91. The van der Waals surface area contributed by atoms with Crippen molar-refractivity contribution in [3.05, 3.63) is 71.8 Å². The fourth-order valence-electron chi connectivity index (χ4n) is 4.93. The maximum Gasteiger partial charge on any atom is 0.177 e. The minimum Gasteiger partial charge on any atom is -0.497 e. The van der Waals surface area contributed by atoms with Crippen LogP contribution in [-0.2, 0) is 19.3 Å². The summed E-state index contributed by atoms with van der Waals surface area (Å²) in [6.07, 6.45) is 6.00. The number of pyridine rings is 1. The molecule has 1 atom stereocenters. The molecule has 1 saturated heterocycles. The Morgan fingerprint density at radius 2 is 1.78 bits per heavy atom. The van der Waals surface area contributed by atoms with Gasteiger partial charge in [0.2, 0.25) is 0 Å². The number of piperidine rings is 1. The van der Waals surface area contributed by atoms with Crippen LogP contribution in [0.3, 0.4) is 0 Å². The molecule has 1 fully saturated rings. The summed E-state index contributed by atoms with van der Waals surface area (Å²) in [4.78, 5) is 6.59. The fraction of sp³-hybridized carbons (Fsp3) is 0.464. The third-order valence-electron chi connectivity index (χ3n) is 6.64. The predicted molar refractivity (Wildman–Crippen MR) is 144 cm³/mol. The van der Waals surface area contributed by atoms with E-state index in [-0.39, 0.29) is 23.9 Å². The Bertz CT molecular complexity index is 1220. The van der Waals surface area contributed by atoms with Gasteiger partial charge in [0.25, 0.3) is 0 Å². The first-order chi connectivity index (χ1) is 17.7. The van der Waals surface area contributed by atoms with Crippen molar-refractivity contribution in [3.63, 3.8) is 0 Å². The van der Waals surface area contributed by atoms with Crippen molar-refractivity contribution in [1.82, 2.24) is 9.88 Å². The van der Waals surface area contributed by atoms with E-state index < -0.39 is 15.5 Å². The van der Waals surface area contributed by atoms with Gasteiger partial charge >= 0.3 is 0 Å². The number of likely N-dealkylation sites (tertiary alicyclic amines) is 1. The van der Waals surface area contributed by atoms with Crippen molar-refractivity contribution in [1.29, 1.82) is 0 Å². The Balaban J connectivity index is 1.42. The molecule has 0 saturated carbocycles. The highest BCUT2D eigenvalue weighted by Gasteiger charge is 2.39. The molecule has 0 spiro atoms. The third kappa shape index (κ3) is 6.90. The minimum atomic E-state index is -3.27. The first-order valence-corrected chi connectivity index (χ1v) is 14.7. The van der Waals surface area contributed by atoms with Gasteiger partial charge in [-0.3, -0.25) is 4.90 Å². The number of allylic oxidation sites excluding steroid dienone is 2. The summed E-state index contributed by atoms with van der Waals surface area (Å²) in [7, 11) is -3.27. The lowest BCUT2D eigenvalue weighted by atomic mass is 9.86. The predicted octanol–water partition coefficient (Wildman–Crippen LogP) is 4.84. The average molecular weight is 530 g/mol. The number of hydrogen-bond acceptors (Lipinski definition) is 7. The number of halogens is 1. The van der Waals surface area contributed by atoms with E-state index in [1.807, 2.05) is 44.2 Å². The Morgan fingerprint density at radius 1 is 1.08 bits per heavy atom. The summed E-state index contributed by atoms with van der Waals surface area (Å²) in [6, 6.07) is 13.3. The van der Waals surface area contributed by atoms with E-state index in [0.717, 1.165) is 37.1 Å². The molecule has 9 heteroatoms. The van der Waals surface area contributed by atoms with E-state index in [2.05, 4.69) is 15.2 Å². The van der Waals surface area contributed by atoms with Gasteiger partial charge in [0.15, 0.2) is 15.5 Å². The molecule has 0 amide bonds. The number of aromatic nitrogens is 1. The van der Waals surface area contributed by atoms with E-state index >= 15 is 4.39 Å². The van der Waals surface area contributed by atoms with Gasteiger partial charge in [-0.2, -0.15) is 0 Å². The normalized spacial score (nSPS) is 21.5. The van der Waals surface area contributed by atoms with Gasteiger partial charge in [-0.25, -0.2) is 17.8 Å². The maximum absolute atomic E-state index is 16.4. The number of alkyl halides is 1. The molecule has 1 aliphatic carbocycles. The van der Waals surface area contributed by atoms with Crippen LogP contribution < -0.4 is 5.32 Å². The molecule has 1 unspecified atom stereocenters. The highest BCUT2D eigenvalue weighted by molar-refractivity contribution is 7.90. The lowest BCUT2D eigenvalue weighted by Crippen LogP contribution is -2.46. The molecule has 200 valence electrons. The summed E-state index contributed by atoms with van der Waals surface area (Å²) in [5.74, 6) is 1.80. The molecule has 0 bridgehead atoms. The van der Waals surface area contributed by atoms with Crippen molar-refractivity contribution in [3.8, 4) is 0 Å². The molecule has 4 rings (SSSR count). The standard InChI is InChI=1S/C28H36FN3O4S/c1-4-35-24-17-28(29,18-25(36-5-2)27(24)21-9-7-6-8-10-21)20-32-15-13-22(14-16-32)31-26-12-11-23(19-30-26)37(3,33)34/h6-12,17,19,22H,4-5,13-16,18,20H2,1-3H3,(H,30,31). The van der Waals surface area contributed by atoms with E-state index in [1.165, 1.54) is 12.5 Å². The minimum absolute atomic E-state index is 0.163. The lowest BCUT2D eigenvalue weighted by molar-refractivity contribution is 0.0874. The number of nitrogens with zero attached hydrogens (tertiary/aromatic N) is 2. The van der Waals surface area contributed by atoms with Crippen LogP contribution in [0.4, 0.5) is 10.2 Å². The second-order valence-electron chi connectivity index (χ2n) is 9.60. The maximum atomic E-state index is 16.4. The quantitative estimate of drug-likeness (QED) is 0.472. The van der Waals surface area contributed by atoms with Gasteiger partial charge in [-0.15, -0.1) is 0 Å². The van der Waals surface area contributed by atoms with Crippen LogP contribution in [0.1, 0.15) is 38.7 Å². The topological polar surface area (TPSA) is 80.8 Å². The van der Waals surface area contributed by atoms with Gasteiger partial charge in [-0.1, -0.05) is 30.3 Å². The second kappa shape index (κ2) is 11.6. The molecule has 1 N–H and O–H groups in total. The number of sulfone groups is 1. The molecule has 37 heavy (non-hydrogen) atoms. The Morgan fingerprint density at radius 3 is 2.38 bits per heavy atom. The van der Waals surface area contributed by atoms with Crippen molar-refractivity contribution in [2.45, 2.75) is 49.7 Å². The van der Waals surface area contributed by atoms with Crippen LogP contribution in [0.25, 0.3) is 5.57 Å². The van der Waals surface area contributed by atoms with Gasteiger partial charge in [0, 0.05) is 44.5 Å². The second-order valence-corrected chi connectivity index (χ2v) is 11.6. The number of ether oxygens (including phenoxy) is 2. The number of anilines is 1. The summed E-state index contributed by atoms with van der Waals surface area (Å²) in [6.45, 7) is 6.44. The van der Waals surface area contributed by atoms with Crippen LogP contribution in [0.2, 0.25) is 0 Å². The fourth-order valence-corrected chi connectivity index (χ4v) is 5.49. The smallest absolute Gasteiger partial charge is 0.177 e. The molecule has 0 radical (unpaired) electrons. The van der Waals surface area contributed by atoms with E-state index in [9.17, 15) is 8.42 Å². The highest BCUT2D eigenvalue weighted by Crippen LogP contribution is 2.41. The zero-order valence-electron chi connectivity index (χ0n) is 21.7.